The summed E-state index contributed by atoms with van der Waals surface area (Å²) < 4.78 is 5.32. The molecule has 2 N–H and O–H groups in total. The first kappa shape index (κ1) is 14.5. The van der Waals surface area contributed by atoms with Crippen LogP contribution in [0.1, 0.15) is 17.8 Å². The minimum atomic E-state index is -0.172. The summed E-state index contributed by atoms with van der Waals surface area (Å²) in [6, 6.07) is 3.84. The minimum Gasteiger partial charge on any atom is -0.378 e. The van der Waals surface area contributed by atoms with Crippen LogP contribution in [0.3, 0.4) is 0 Å². The zero-order valence-corrected chi connectivity index (χ0v) is 13.4. The molecule has 0 radical (unpaired) electrons. The van der Waals surface area contributed by atoms with E-state index in [9.17, 15) is 4.79 Å². The number of hydrogen-bond donors (Lipinski definition) is 2. The molecule has 2 aliphatic heterocycles. The average Bonchev–Trinajstić information content (AvgIpc) is 3.01. The van der Waals surface area contributed by atoms with Crippen molar-refractivity contribution in [2.24, 2.45) is 0 Å². The van der Waals surface area contributed by atoms with Crippen molar-refractivity contribution in [3.8, 4) is 0 Å². The van der Waals surface area contributed by atoms with E-state index in [0.29, 0.717) is 31.4 Å². The van der Waals surface area contributed by atoms with Gasteiger partial charge in [-0.15, -0.1) is 11.3 Å². The fourth-order valence-corrected chi connectivity index (χ4v) is 3.64. The quantitative estimate of drug-likeness (QED) is 0.806. The normalized spacial score (nSPS) is 22.8. The number of ether oxygens (including phenoxy) is 1. The molecule has 1 saturated heterocycles. The van der Waals surface area contributed by atoms with E-state index in [0.717, 1.165) is 16.1 Å². The van der Waals surface area contributed by atoms with Gasteiger partial charge in [0.1, 0.15) is 0 Å². The lowest BCUT2D eigenvalue weighted by Crippen LogP contribution is -2.49. The van der Waals surface area contributed by atoms with Gasteiger partial charge >= 0.3 is 0 Å². The minimum absolute atomic E-state index is 0.0525. The van der Waals surface area contributed by atoms with Crippen molar-refractivity contribution in [2.75, 3.05) is 26.3 Å². The summed E-state index contributed by atoms with van der Waals surface area (Å²) in [7, 11) is 0. The number of nitrogens with one attached hydrogen (secondary N) is 2. The lowest BCUT2D eigenvalue weighted by atomic mass is 10.00. The van der Waals surface area contributed by atoms with E-state index in [1.54, 1.807) is 11.3 Å². The smallest absolute Gasteiger partial charge is 0.254 e. The summed E-state index contributed by atoms with van der Waals surface area (Å²) in [4.78, 5) is 15.8. The van der Waals surface area contributed by atoms with Gasteiger partial charge in [0.05, 0.1) is 24.8 Å². The molecule has 7 heteroatoms. The third kappa shape index (κ3) is 2.95. The molecule has 1 aromatic heterocycles. The van der Waals surface area contributed by atoms with Gasteiger partial charge in [-0.2, -0.15) is 0 Å². The van der Waals surface area contributed by atoms with Gasteiger partial charge in [0.2, 0.25) is 0 Å². The molecule has 1 aromatic rings. The molecule has 0 bridgehead atoms. The Morgan fingerprint density at radius 3 is 2.90 bits per heavy atom. The summed E-state index contributed by atoms with van der Waals surface area (Å²) >= 11 is 6.85. The molecule has 0 aliphatic carbocycles. The summed E-state index contributed by atoms with van der Waals surface area (Å²) in [5.74, 6) is 0.0525. The molecule has 2 aliphatic rings. The van der Waals surface area contributed by atoms with Gasteiger partial charge in [0.15, 0.2) is 5.11 Å². The number of nitrogens with zero attached hydrogens (tertiary/aromatic N) is 1. The molecule has 1 unspecified atom stereocenters. The Labute approximate surface area is 133 Å². The SMILES string of the molecule is CC1=C(C(=O)N2CCOCC2)C(c2cccs2)NC(=S)N1. The second-order valence-corrected chi connectivity index (χ2v) is 6.38. The fourth-order valence-electron chi connectivity index (χ4n) is 2.58. The number of amides is 1. The van der Waals surface area contributed by atoms with Crippen LogP contribution in [0.25, 0.3) is 0 Å². The van der Waals surface area contributed by atoms with Crippen LogP contribution >= 0.6 is 23.6 Å². The number of allylic oxidation sites excluding steroid dienone is 1. The largest absolute Gasteiger partial charge is 0.378 e. The Balaban J connectivity index is 1.93. The van der Waals surface area contributed by atoms with Crippen LogP contribution in [0.2, 0.25) is 0 Å². The van der Waals surface area contributed by atoms with Gasteiger partial charge in [-0.25, -0.2) is 0 Å². The maximum absolute atomic E-state index is 12.9. The van der Waals surface area contributed by atoms with E-state index < -0.39 is 0 Å². The topological polar surface area (TPSA) is 53.6 Å². The van der Waals surface area contributed by atoms with E-state index in [-0.39, 0.29) is 11.9 Å². The Kier molecular flexibility index (Phi) is 4.23. The van der Waals surface area contributed by atoms with Gasteiger partial charge in [0, 0.05) is 23.7 Å². The predicted octanol–water partition coefficient (Wildman–Crippen LogP) is 1.40. The van der Waals surface area contributed by atoms with Crippen molar-refractivity contribution in [2.45, 2.75) is 13.0 Å². The molecule has 1 fully saturated rings. The molecule has 112 valence electrons. The lowest BCUT2D eigenvalue weighted by molar-refractivity contribution is -0.131. The van der Waals surface area contributed by atoms with Crippen LogP contribution in [0.15, 0.2) is 28.8 Å². The van der Waals surface area contributed by atoms with Gasteiger partial charge in [-0.3, -0.25) is 4.79 Å². The molecule has 5 nitrogen and oxygen atoms in total. The molecule has 21 heavy (non-hydrogen) atoms. The molecule has 0 saturated carbocycles. The molecule has 0 aromatic carbocycles. The van der Waals surface area contributed by atoms with Crippen LogP contribution < -0.4 is 10.6 Å². The Morgan fingerprint density at radius 2 is 2.24 bits per heavy atom. The molecule has 1 atom stereocenters. The Morgan fingerprint density at radius 1 is 1.48 bits per heavy atom. The number of carbonyl (C=O) groups is 1. The first-order valence-electron chi connectivity index (χ1n) is 6.85. The third-order valence-corrected chi connectivity index (χ3v) is 4.78. The summed E-state index contributed by atoms with van der Waals surface area (Å²) in [6.45, 7) is 4.37. The van der Waals surface area contributed by atoms with Crippen LogP contribution in [-0.2, 0) is 9.53 Å². The van der Waals surface area contributed by atoms with Crippen LogP contribution in [-0.4, -0.2) is 42.2 Å². The highest BCUT2D eigenvalue weighted by Gasteiger charge is 2.33. The van der Waals surface area contributed by atoms with Gasteiger partial charge < -0.3 is 20.3 Å². The molecule has 3 heterocycles. The highest BCUT2D eigenvalue weighted by molar-refractivity contribution is 7.80. The predicted molar refractivity (Wildman–Crippen MR) is 86.0 cm³/mol. The van der Waals surface area contributed by atoms with Crippen molar-refractivity contribution in [3.05, 3.63) is 33.7 Å². The van der Waals surface area contributed by atoms with Crippen LogP contribution in [0, 0.1) is 0 Å². The van der Waals surface area contributed by atoms with Crippen molar-refractivity contribution in [1.29, 1.82) is 0 Å². The van der Waals surface area contributed by atoms with E-state index in [1.165, 1.54) is 0 Å². The second-order valence-electron chi connectivity index (χ2n) is 4.99. The number of thiophene rings is 1. The van der Waals surface area contributed by atoms with Crippen molar-refractivity contribution >= 4 is 34.6 Å². The first-order chi connectivity index (χ1) is 10.2. The average molecular weight is 323 g/mol. The zero-order chi connectivity index (χ0) is 14.8. The molecular weight excluding hydrogens is 306 g/mol. The van der Waals surface area contributed by atoms with E-state index in [1.807, 2.05) is 29.3 Å². The number of rotatable bonds is 2. The number of carbonyl (C=O) groups excluding carboxylic acids is 1. The van der Waals surface area contributed by atoms with E-state index in [2.05, 4.69) is 10.6 Å². The monoisotopic (exact) mass is 323 g/mol. The van der Waals surface area contributed by atoms with Gasteiger partial charge in [-0.1, -0.05) is 6.07 Å². The summed E-state index contributed by atoms with van der Waals surface area (Å²) in [5, 5.41) is 8.85. The van der Waals surface area contributed by atoms with Crippen molar-refractivity contribution in [1.82, 2.24) is 15.5 Å². The van der Waals surface area contributed by atoms with E-state index in [4.69, 9.17) is 17.0 Å². The Hall–Kier alpha value is -1.44. The zero-order valence-electron chi connectivity index (χ0n) is 11.7. The fraction of sp³-hybridized carbons (Fsp3) is 0.429. The van der Waals surface area contributed by atoms with Gasteiger partial charge in [0.25, 0.3) is 5.91 Å². The third-order valence-electron chi connectivity index (χ3n) is 3.63. The van der Waals surface area contributed by atoms with Gasteiger partial charge in [-0.05, 0) is 30.6 Å². The van der Waals surface area contributed by atoms with Crippen molar-refractivity contribution in [3.63, 3.8) is 0 Å². The number of morpholine rings is 1. The maximum Gasteiger partial charge on any atom is 0.254 e. The molecule has 1 amide bonds. The molecule has 0 spiro atoms. The van der Waals surface area contributed by atoms with Crippen LogP contribution in [0.5, 0.6) is 0 Å². The second kappa shape index (κ2) is 6.13. The molecular formula is C14H17N3O2S2. The highest BCUT2D eigenvalue weighted by atomic mass is 32.1. The highest BCUT2D eigenvalue weighted by Crippen LogP contribution is 2.31. The standard InChI is InChI=1S/C14H17N3O2S2/c1-9-11(13(18)17-4-6-19-7-5-17)12(16-14(20)15-9)10-3-2-8-21-10/h2-3,8,12H,4-7H2,1H3,(H2,15,16,20). The maximum atomic E-state index is 12.9. The lowest BCUT2D eigenvalue weighted by Gasteiger charge is -2.34. The summed E-state index contributed by atoms with van der Waals surface area (Å²) in [6.07, 6.45) is 0. The van der Waals surface area contributed by atoms with E-state index >= 15 is 0 Å². The number of thiocarbonyl (C=S) groups is 1. The first-order valence-corrected chi connectivity index (χ1v) is 8.14. The number of hydrogen-bond acceptors (Lipinski definition) is 4. The van der Waals surface area contributed by atoms with Crippen molar-refractivity contribution < 1.29 is 9.53 Å². The molecule has 3 rings (SSSR count). The van der Waals surface area contributed by atoms with Crippen LogP contribution in [0.4, 0.5) is 0 Å². The Bertz CT molecular complexity index is 577. The summed E-state index contributed by atoms with van der Waals surface area (Å²) in [5.41, 5.74) is 1.57.